The van der Waals surface area contributed by atoms with Gasteiger partial charge in [0.1, 0.15) is 33.4 Å². The summed E-state index contributed by atoms with van der Waals surface area (Å²) < 4.78 is 5.69. The summed E-state index contributed by atoms with van der Waals surface area (Å²) in [5.74, 6) is 1.21. The van der Waals surface area contributed by atoms with Crippen molar-refractivity contribution in [2.45, 2.75) is 6.42 Å². The number of carbonyl (C=O) groups excluding carboxylic acids is 1. The molecule has 0 fully saturated rings. The fraction of sp³-hybridized carbons (Fsp3) is 0.211. The number of carbonyl (C=O) groups is 1. The van der Waals surface area contributed by atoms with E-state index in [0.29, 0.717) is 24.6 Å². The minimum atomic E-state index is -0.220. The van der Waals surface area contributed by atoms with Crippen LogP contribution in [0.3, 0.4) is 0 Å². The SMILES string of the molecule is CNC(=O)c1ccc(OCCCNc2ncnc3scc(-c4nccs4)c23)cn1. The summed E-state index contributed by atoms with van der Waals surface area (Å²) in [6, 6.07) is 3.38. The molecule has 0 saturated carbocycles. The summed E-state index contributed by atoms with van der Waals surface area (Å²) in [4.78, 5) is 29.7. The first-order valence-electron chi connectivity index (χ1n) is 8.93. The van der Waals surface area contributed by atoms with E-state index in [9.17, 15) is 4.79 Å². The fourth-order valence-corrected chi connectivity index (χ4v) is 4.35. The molecule has 0 aliphatic heterocycles. The van der Waals surface area contributed by atoms with Crippen LogP contribution in [-0.2, 0) is 0 Å². The number of thiophene rings is 1. The Morgan fingerprint density at radius 3 is 2.86 bits per heavy atom. The van der Waals surface area contributed by atoms with Crippen molar-refractivity contribution in [2.75, 3.05) is 25.5 Å². The number of rotatable bonds is 8. The van der Waals surface area contributed by atoms with Gasteiger partial charge in [-0.1, -0.05) is 0 Å². The van der Waals surface area contributed by atoms with Crippen molar-refractivity contribution in [2.24, 2.45) is 0 Å². The quantitative estimate of drug-likeness (QED) is 0.416. The van der Waals surface area contributed by atoms with Gasteiger partial charge in [-0.2, -0.15) is 0 Å². The van der Waals surface area contributed by atoms with E-state index >= 15 is 0 Å². The molecule has 0 unspecified atom stereocenters. The molecular weight excluding hydrogens is 408 g/mol. The molecular formula is C19H18N6O2S2. The van der Waals surface area contributed by atoms with E-state index in [1.165, 1.54) is 0 Å². The number of nitrogens with zero attached hydrogens (tertiary/aromatic N) is 4. The maximum atomic E-state index is 11.5. The van der Waals surface area contributed by atoms with E-state index in [1.54, 1.807) is 60.6 Å². The van der Waals surface area contributed by atoms with Crippen LogP contribution in [0.1, 0.15) is 16.9 Å². The first-order valence-corrected chi connectivity index (χ1v) is 10.7. The highest BCUT2D eigenvalue weighted by Crippen LogP contribution is 2.37. The highest BCUT2D eigenvalue weighted by atomic mass is 32.1. The number of amides is 1. The van der Waals surface area contributed by atoms with Crippen molar-refractivity contribution in [3.8, 4) is 16.3 Å². The van der Waals surface area contributed by atoms with E-state index in [2.05, 4.69) is 35.9 Å². The summed E-state index contributed by atoms with van der Waals surface area (Å²) in [5, 5.41) is 11.9. The summed E-state index contributed by atoms with van der Waals surface area (Å²) in [6.45, 7) is 1.22. The summed E-state index contributed by atoms with van der Waals surface area (Å²) in [6.07, 6.45) is 5.70. The Balaban J connectivity index is 1.34. The zero-order valence-corrected chi connectivity index (χ0v) is 17.2. The molecule has 4 aromatic rings. The second-order valence-electron chi connectivity index (χ2n) is 5.98. The van der Waals surface area contributed by atoms with Crippen molar-refractivity contribution >= 4 is 44.6 Å². The van der Waals surface area contributed by atoms with Crippen molar-refractivity contribution < 1.29 is 9.53 Å². The highest BCUT2D eigenvalue weighted by molar-refractivity contribution is 7.18. The number of hydrogen-bond acceptors (Lipinski definition) is 9. The predicted molar refractivity (Wildman–Crippen MR) is 115 cm³/mol. The van der Waals surface area contributed by atoms with E-state index in [4.69, 9.17) is 4.74 Å². The number of hydrogen-bond donors (Lipinski definition) is 2. The minimum Gasteiger partial charge on any atom is -0.492 e. The lowest BCUT2D eigenvalue weighted by Crippen LogP contribution is -2.19. The van der Waals surface area contributed by atoms with Crippen LogP contribution in [0.15, 0.2) is 41.6 Å². The standard InChI is InChI=1S/C19H18N6O2S2/c1-20-17(26)14-4-3-12(9-23-14)27-7-2-5-21-16-15-13(18-22-6-8-28-18)10-29-19(15)25-11-24-16/h3-4,6,8-11H,2,5,7H2,1H3,(H,20,26)(H,21,24,25). The number of fused-ring (bicyclic) bond motifs is 1. The molecule has 8 nitrogen and oxygen atoms in total. The van der Waals surface area contributed by atoms with Crippen molar-refractivity contribution in [1.29, 1.82) is 0 Å². The van der Waals surface area contributed by atoms with Gasteiger partial charge >= 0.3 is 0 Å². The van der Waals surface area contributed by atoms with Gasteiger partial charge in [0.25, 0.3) is 5.91 Å². The average Bonchev–Trinajstić information content (AvgIpc) is 3.43. The molecule has 0 radical (unpaired) electrons. The van der Waals surface area contributed by atoms with E-state index in [0.717, 1.165) is 33.0 Å². The first kappa shape index (κ1) is 19.2. The van der Waals surface area contributed by atoms with E-state index in [-0.39, 0.29) is 5.91 Å². The van der Waals surface area contributed by atoms with Crippen LogP contribution in [0.5, 0.6) is 5.75 Å². The Bertz CT molecular complexity index is 1100. The number of aromatic nitrogens is 4. The summed E-state index contributed by atoms with van der Waals surface area (Å²) in [5.41, 5.74) is 1.42. The lowest BCUT2D eigenvalue weighted by atomic mass is 10.2. The van der Waals surface area contributed by atoms with Crippen LogP contribution < -0.4 is 15.4 Å². The maximum absolute atomic E-state index is 11.5. The van der Waals surface area contributed by atoms with Gasteiger partial charge in [-0.15, -0.1) is 22.7 Å². The number of pyridine rings is 1. The largest absolute Gasteiger partial charge is 0.492 e. The maximum Gasteiger partial charge on any atom is 0.269 e. The molecule has 1 amide bonds. The third-order valence-corrected chi connectivity index (χ3v) is 5.80. The van der Waals surface area contributed by atoms with Crippen molar-refractivity contribution in [3.05, 3.63) is 47.3 Å². The molecule has 0 atom stereocenters. The summed E-state index contributed by atoms with van der Waals surface area (Å²) in [7, 11) is 1.57. The molecule has 0 aliphatic rings. The zero-order chi connectivity index (χ0) is 20.1. The Morgan fingerprint density at radius 1 is 1.17 bits per heavy atom. The van der Waals surface area contributed by atoms with E-state index in [1.807, 2.05) is 5.38 Å². The van der Waals surface area contributed by atoms with Crippen molar-refractivity contribution in [3.63, 3.8) is 0 Å². The minimum absolute atomic E-state index is 0.220. The molecule has 0 aromatic carbocycles. The molecule has 4 heterocycles. The Labute approximate surface area is 175 Å². The molecule has 0 spiro atoms. The van der Waals surface area contributed by atoms with Gasteiger partial charge in [0.05, 0.1) is 18.2 Å². The first-order chi connectivity index (χ1) is 14.3. The molecule has 2 N–H and O–H groups in total. The lowest BCUT2D eigenvalue weighted by molar-refractivity contribution is 0.0958. The van der Waals surface area contributed by atoms with Crippen LogP contribution in [0.4, 0.5) is 5.82 Å². The topological polar surface area (TPSA) is 102 Å². The van der Waals surface area contributed by atoms with E-state index < -0.39 is 0 Å². The van der Waals surface area contributed by atoms with Gasteiger partial charge in [-0.05, 0) is 18.6 Å². The predicted octanol–water partition coefficient (Wildman–Crippen LogP) is 3.45. The molecule has 10 heteroatoms. The van der Waals surface area contributed by atoms with Crippen LogP contribution in [0.25, 0.3) is 20.8 Å². The fourth-order valence-electron chi connectivity index (χ4n) is 2.72. The smallest absolute Gasteiger partial charge is 0.269 e. The second-order valence-corrected chi connectivity index (χ2v) is 7.73. The van der Waals surface area contributed by atoms with Crippen LogP contribution in [0.2, 0.25) is 0 Å². The second kappa shape index (κ2) is 8.93. The monoisotopic (exact) mass is 426 g/mol. The third kappa shape index (κ3) is 4.33. The van der Waals surface area contributed by atoms with Crippen LogP contribution in [-0.4, -0.2) is 46.0 Å². The normalized spacial score (nSPS) is 10.8. The Kier molecular flexibility index (Phi) is 5.92. The molecule has 148 valence electrons. The zero-order valence-electron chi connectivity index (χ0n) is 15.6. The molecule has 0 saturated heterocycles. The number of anilines is 1. The Hall–Kier alpha value is -3.11. The van der Waals surface area contributed by atoms with Crippen molar-refractivity contribution in [1.82, 2.24) is 25.3 Å². The molecule has 0 aliphatic carbocycles. The van der Waals surface area contributed by atoms with Gasteiger partial charge < -0.3 is 15.4 Å². The third-order valence-electron chi connectivity index (χ3n) is 4.11. The highest BCUT2D eigenvalue weighted by Gasteiger charge is 2.14. The molecule has 29 heavy (non-hydrogen) atoms. The number of nitrogens with one attached hydrogen (secondary N) is 2. The molecule has 0 bridgehead atoms. The van der Waals surface area contributed by atoms with Crippen LogP contribution in [0, 0.1) is 0 Å². The van der Waals surface area contributed by atoms with Gasteiger partial charge in [0, 0.05) is 36.1 Å². The summed E-state index contributed by atoms with van der Waals surface area (Å²) >= 11 is 3.19. The molecule has 4 rings (SSSR count). The van der Waals surface area contributed by atoms with Gasteiger partial charge in [-0.25, -0.2) is 19.9 Å². The number of thiazole rings is 1. The van der Waals surface area contributed by atoms with Gasteiger partial charge in [0.15, 0.2) is 0 Å². The molecule has 4 aromatic heterocycles. The lowest BCUT2D eigenvalue weighted by Gasteiger charge is -2.09. The van der Waals surface area contributed by atoms with Gasteiger partial charge in [-0.3, -0.25) is 4.79 Å². The van der Waals surface area contributed by atoms with Gasteiger partial charge in [0.2, 0.25) is 0 Å². The Morgan fingerprint density at radius 2 is 2.10 bits per heavy atom. The van der Waals surface area contributed by atoms with Crippen LogP contribution >= 0.6 is 22.7 Å². The average molecular weight is 427 g/mol. The number of ether oxygens (including phenoxy) is 1.